The Labute approximate surface area is 78.3 Å². The largest absolute Gasteiger partial charge is 0.379 e. The second-order valence-corrected chi connectivity index (χ2v) is 3.11. The smallest absolute Gasteiger partial charge is 0.180 e. The van der Waals surface area contributed by atoms with E-state index in [9.17, 15) is 9.59 Å². The van der Waals surface area contributed by atoms with Gasteiger partial charge in [-0.3, -0.25) is 4.79 Å². The van der Waals surface area contributed by atoms with Gasteiger partial charge in [-0.05, 0) is 12.8 Å². The molecule has 2 unspecified atom stereocenters. The summed E-state index contributed by atoms with van der Waals surface area (Å²) in [6, 6.07) is -0.354. The molecule has 4 heteroatoms. The summed E-state index contributed by atoms with van der Waals surface area (Å²) in [5.74, 6) is 0. The van der Waals surface area contributed by atoms with E-state index in [1.54, 1.807) is 5.32 Å². The lowest BCUT2D eigenvalue weighted by molar-refractivity contribution is -0.712. The second-order valence-electron chi connectivity index (χ2n) is 3.11. The molecule has 0 aliphatic carbocycles. The number of aliphatic hydroxyl groups excluding tert-OH is 1. The Morgan fingerprint density at radius 2 is 1.77 bits per heavy atom. The second kappa shape index (κ2) is 6.74. The van der Waals surface area contributed by atoms with Gasteiger partial charge in [-0.2, -0.15) is 0 Å². The first-order valence-corrected chi connectivity index (χ1v) is 4.63. The average Bonchev–Trinajstić information content (AvgIpc) is 2.19. The number of nitrogens with two attached hydrogens (primary N) is 1. The molecule has 0 radical (unpaired) electrons. The Kier molecular flexibility index (Phi) is 6.36. The SMILES string of the molecule is CCC(CC)[NH2+]C(C=O)C(O)C=O. The van der Waals surface area contributed by atoms with E-state index in [-0.39, 0.29) is 0 Å². The van der Waals surface area contributed by atoms with Gasteiger partial charge in [0.05, 0.1) is 6.04 Å². The van der Waals surface area contributed by atoms with Crippen LogP contribution in [0.5, 0.6) is 0 Å². The van der Waals surface area contributed by atoms with Crippen molar-refractivity contribution in [1.82, 2.24) is 0 Å². The van der Waals surface area contributed by atoms with Crippen LogP contribution in [0.2, 0.25) is 0 Å². The summed E-state index contributed by atoms with van der Waals surface area (Å²) >= 11 is 0. The Morgan fingerprint density at radius 3 is 2.08 bits per heavy atom. The predicted molar refractivity (Wildman–Crippen MR) is 48.2 cm³/mol. The maximum absolute atomic E-state index is 10.5. The molecule has 0 aromatic rings. The van der Waals surface area contributed by atoms with Crippen molar-refractivity contribution in [3.8, 4) is 0 Å². The predicted octanol–water partition coefficient (Wildman–Crippen LogP) is -1.13. The minimum Gasteiger partial charge on any atom is -0.379 e. The van der Waals surface area contributed by atoms with Gasteiger partial charge in [-0.15, -0.1) is 0 Å². The number of carbonyl (C=O) groups excluding carboxylic acids is 2. The average molecular weight is 188 g/mol. The van der Waals surface area contributed by atoms with Crippen molar-refractivity contribution in [3.05, 3.63) is 0 Å². The van der Waals surface area contributed by atoms with E-state index in [0.29, 0.717) is 18.6 Å². The van der Waals surface area contributed by atoms with E-state index in [4.69, 9.17) is 5.11 Å². The summed E-state index contributed by atoms with van der Waals surface area (Å²) in [5, 5.41) is 10.9. The van der Waals surface area contributed by atoms with Gasteiger partial charge in [0.25, 0.3) is 0 Å². The van der Waals surface area contributed by atoms with Crippen LogP contribution in [0.3, 0.4) is 0 Å². The van der Waals surface area contributed by atoms with Crippen LogP contribution in [0.15, 0.2) is 0 Å². The number of hydrogen-bond donors (Lipinski definition) is 2. The Bertz CT molecular complexity index is 157. The van der Waals surface area contributed by atoms with Crippen molar-refractivity contribution in [2.24, 2.45) is 0 Å². The highest BCUT2D eigenvalue weighted by molar-refractivity contribution is 5.67. The molecule has 0 aromatic carbocycles. The number of rotatable bonds is 7. The zero-order valence-corrected chi connectivity index (χ0v) is 8.14. The fourth-order valence-corrected chi connectivity index (χ4v) is 1.21. The maximum atomic E-state index is 10.5. The Hall–Kier alpha value is -0.740. The first-order valence-electron chi connectivity index (χ1n) is 4.63. The third-order valence-electron chi connectivity index (χ3n) is 2.23. The van der Waals surface area contributed by atoms with E-state index >= 15 is 0 Å². The minimum absolute atomic E-state index is 0.296. The van der Waals surface area contributed by atoms with Crippen molar-refractivity contribution in [2.45, 2.75) is 44.9 Å². The molecule has 2 atom stereocenters. The maximum Gasteiger partial charge on any atom is 0.180 e. The van der Waals surface area contributed by atoms with E-state index in [1.807, 2.05) is 13.8 Å². The fraction of sp³-hybridized carbons (Fsp3) is 0.778. The van der Waals surface area contributed by atoms with E-state index in [0.717, 1.165) is 12.8 Å². The topological polar surface area (TPSA) is 71.0 Å². The standard InChI is InChI=1S/C9H17NO3/c1-3-7(4-2)10-8(5-11)9(13)6-12/h5-10,13H,3-4H2,1-2H3/p+1. The highest BCUT2D eigenvalue weighted by atomic mass is 16.3. The van der Waals surface area contributed by atoms with Crippen molar-refractivity contribution in [1.29, 1.82) is 0 Å². The number of quaternary nitrogens is 1. The molecule has 0 bridgehead atoms. The summed E-state index contributed by atoms with van der Waals surface area (Å²) in [6.45, 7) is 4.03. The molecule has 13 heavy (non-hydrogen) atoms. The Balaban J connectivity index is 4.09. The number of aliphatic hydroxyl groups is 1. The third-order valence-corrected chi connectivity index (χ3v) is 2.23. The number of hydrogen-bond acceptors (Lipinski definition) is 3. The zero-order chi connectivity index (χ0) is 10.3. The first kappa shape index (κ1) is 12.3. The van der Waals surface area contributed by atoms with E-state index < -0.39 is 12.1 Å². The molecule has 0 saturated carbocycles. The van der Waals surface area contributed by atoms with Gasteiger partial charge in [0.1, 0.15) is 0 Å². The van der Waals surface area contributed by atoms with Crippen LogP contribution in [-0.2, 0) is 9.59 Å². The molecule has 0 aromatic heterocycles. The van der Waals surface area contributed by atoms with Gasteiger partial charge >= 0.3 is 0 Å². The van der Waals surface area contributed by atoms with Crippen molar-refractivity contribution in [2.75, 3.05) is 0 Å². The molecule has 3 N–H and O–H groups in total. The van der Waals surface area contributed by atoms with Crippen LogP contribution < -0.4 is 5.32 Å². The van der Waals surface area contributed by atoms with E-state index in [1.165, 1.54) is 0 Å². The van der Waals surface area contributed by atoms with Gasteiger partial charge in [0.15, 0.2) is 24.7 Å². The molecular weight excluding hydrogens is 170 g/mol. The molecule has 0 rings (SSSR count). The quantitative estimate of drug-likeness (QED) is 0.496. The van der Waals surface area contributed by atoms with E-state index in [2.05, 4.69) is 0 Å². The van der Waals surface area contributed by atoms with Crippen molar-refractivity contribution >= 4 is 12.6 Å². The molecule has 0 aliphatic rings. The highest BCUT2D eigenvalue weighted by Crippen LogP contribution is 1.90. The highest BCUT2D eigenvalue weighted by Gasteiger charge is 2.23. The molecule has 0 heterocycles. The van der Waals surface area contributed by atoms with Gasteiger partial charge < -0.3 is 15.2 Å². The van der Waals surface area contributed by atoms with Gasteiger partial charge in [-0.1, -0.05) is 13.8 Å². The monoisotopic (exact) mass is 188 g/mol. The molecule has 0 saturated heterocycles. The number of aldehydes is 2. The minimum atomic E-state index is -1.18. The van der Waals surface area contributed by atoms with Crippen LogP contribution in [0.25, 0.3) is 0 Å². The molecule has 76 valence electrons. The van der Waals surface area contributed by atoms with Crippen LogP contribution in [-0.4, -0.2) is 35.9 Å². The third kappa shape index (κ3) is 4.15. The summed E-state index contributed by atoms with van der Waals surface area (Å²) in [7, 11) is 0. The molecule has 0 spiro atoms. The van der Waals surface area contributed by atoms with Crippen LogP contribution in [0, 0.1) is 0 Å². The molecule has 4 nitrogen and oxygen atoms in total. The summed E-state index contributed by atoms with van der Waals surface area (Å²) in [5.41, 5.74) is 0. The lowest BCUT2D eigenvalue weighted by Crippen LogP contribution is -2.97. The van der Waals surface area contributed by atoms with Gasteiger partial charge in [0.2, 0.25) is 0 Å². The lowest BCUT2D eigenvalue weighted by Gasteiger charge is -2.17. The van der Waals surface area contributed by atoms with Crippen molar-refractivity contribution in [3.63, 3.8) is 0 Å². The summed E-state index contributed by atoms with van der Waals surface area (Å²) in [6.07, 6.45) is 1.69. The van der Waals surface area contributed by atoms with Crippen LogP contribution in [0.1, 0.15) is 26.7 Å². The fourth-order valence-electron chi connectivity index (χ4n) is 1.21. The van der Waals surface area contributed by atoms with Gasteiger partial charge in [-0.25, -0.2) is 0 Å². The summed E-state index contributed by atoms with van der Waals surface area (Å²) < 4.78 is 0. The normalized spacial score (nSPS) is 15.4. The zero-order valence-electron chi connectivity index (χ0n) is 8.14. The van der Waals surface area contributed by atoms with Crippen LogP contribution >= 0.6 is 0 Å². The molecular formula is C9H18NO3+. The molecule has 0 aliphatic heterocycles. The molecule has 0 fully saturated rings. The molecule has 0 amide bonds. The first-order chi connectivity index (χ1) is 6.19. The van der Waals surface area contributed by atoms with Crippen molar-refractivity contribution < 1.29 is 20.0 Å². The summed E-state index contributed by atoms with van der Waals surface area (Å²) in [4.78, 5) is 20.8. The lowest BCUT2D eigenvalue weighted by atomic mass is 10.1. The van der Waals surface area contributed by atoms with Gasteiger partial charge in [0, 0.05) is 0 Å². The number of carbonyl (C=O) groups is 2. The Morgan fingerprint density at radius 1 is 1.23 bits per heavy atom. The van der Waals surface area contributed by atoms with Crippen LogP contribution in [0.4, 0.5) is 0 Å².